The first-order valence-electron chi connectivity index (χ1n) is 10.2. The predicted molar refractivity (Wildman–Crippen MR) is 131 cm³/mol. The molecule has 0 saturated carbocycles. The van der Waals surface area contributed by atoms with E-state index in [1.54, 1.807) is 42.5 Å². The van der Waals surface area contributed by atoms with E-state index in [0.29, 0.717) is 40.8 Å². The number of carbonyl (C=O) groups is 2. The fraction of sp³-hybridized carbons (Fsp3) is 0.160. The normalized spacial score (nSPS) is 10.3. The lowest BCUT2D eigenvalue weighted by Gasteiger charge is -2.12. The first-order valence-corrected chi connectivity index (χ1v) is 10.6. The molecule has 0 fully saturated rings. The van der Waals surface area contributed by atoms with Gasteiger partial charge in [0.15, 0.2) is 5.11 Å². The van der Waals surface area contributed by atoms with E-state index < -0.39 is 0 Å². The summed E-state index contributed by atoms with van der Waals surface area (Å²) in [6.07, 6.45) is 0. The highest BCUT2D eigenvalue weighted by molar-refractivity contribution is 7.80. The van der Waals surface area contributed by atoms with E-state index in [1.165, 1.54) is 0 Å². The molecule has 2 amide bonds. The molecule has 6 nitrogen and oxygen atoms in total. The van der Waals surface area contributed by atoms with Gasteiger partial charge < -0.3 is 15.4 Å². The number of para-hydroxylation sites is 1. The van der Waals surface area contributed by atoms with E-state index in [2.05, 4.69) is 29.8 Å². The van der Waals surface area contributed by atoms with Gasteiger partial charge in [-0.2, -0.15) is 0 Å². The Balaban J connectivity index is 1.59. The van der Waals surface area contributed by atoms with E-state index in [1.807, 2.05) is 36.4 Å². The molecule has 3 aromatic rings. The van der Waals surface area contributed by atoms with Gasteiger partial charge in [-0.3, -0.25) is 14.9 Å². The van der Waals surface area contributed by atoms with Crippen LogP contribution < -0.4 is 20.7 Å². The van der Waals surface area contributed by atoms with Crippen LogP contribution >= 0.6 is 12.2 Å². The van der Waals surface area contributed by atoms with Crippen LogP contribution in [0.1, 0.15) is 34.6 Å². The van der Waals surface area contributed by atoms with Gasteiger partial charge >= 0.3 is 0 Å². The molecule has 164 valence electrons. The molecule has 3 aromatic carbocycles. The number of benzene rings is 3. The van der Waals surface area contributed by atoms with Crippen LogP contribution in [-0.4, -0.2) is 23.5 Å². The summed E-state index contributed by atoms with van der Waals surface area (Å²) in [5.41, 5.74) is 2.19. The third-order valence-electron chi connectivity index (χ3n) is 4.32. The Morgan fingerprint density at radius 3 is 2.19 bits per heavy atom. The average molecular weight is 448 g/mol. The van der Waals surface area contributed by atoms with Crippen molar-refractivity contribution in [3.05, 3.63) is 90.0 Å². The summed E-state index contributed by atoms with van der Waals surface area (Å²) in [6.45, 7) is 4.68. The molecule has 0 aliphatic heterocycles. The van der Waals surface area contributed by atoms with Crippen molar-refractivity contribution >= 4 is 40.5 Å². The van der Waals surface area contributed by atoms with Crippen molar-refractivity contribution in [2.45, 2.75) is 13.8 Å². The zero-order valence-corrected chi connectivity index (χ0v) is 18.7. The molecule has 0 spiro atoms. The van der Waals surface area contributed by atoms with Crippen LogP contribution in [0.2, 0.25) is 0 Å². The maximum Gasteiger partial charge on any atom is 0.257 e. The second-order valence-electron chi connectivity index (χ2n) is 7.54. The molecule has 3 rings (SSSR count). The summed E-state index contributed by atoms with van der Waals surface area (Å²) in [5, 5.41) is 8.56. The number of hydrogen-bond acceptors (Lipinski definition) is 4. The smallest absolute Gasteiger partial charge is 0.257 e. The Morgan fingerprint density at radius 2 is 1.47 bits per heavy atom. The Bertz CT molecular complexity index is 1100. The highest BCUT2D eigenvalue weighted by atomic mass is 32.1. The molecule has 0 aliphatic carbocycles. The number of amides is 2. The van der Waals surface area contributed by atoms with Crippen LogP contribution in [0.3, 0.4) is 0 Å². The Morgan fingerprint density at radius 1 is 0.812 bits per heavy atom. The Hall–Kier alpha value is -3.71. The van der Waals surface area contributed by atoms with Crippen molar-refractivity contribution in [2.24, 2.45) is 5.92 Å². The van der Waals surface area contributed by atoms with Crippen LogP contribution in [0, 0.1) is 5.92 Å². The van der Waals surface area contributed by atoms with Gasteiger partial charge in [0.1, 0.15) is 5.75 Å². The number of anilines is 2. The molecule has 0 heterocycles. The minimum atomic E-state index is -0.351. The third kappa shape index (κ3) is 6.92. The fourth-order valence-electron chi connectivity index (χ4n) is 2.79. The quantitative estimate of drug-likeness (QED) is 0.439. The zero-order valence-electron chi connectivity index (χ0n) is 17.9. The highest BCUT2D eigenvalue weighted by Gasteiger charge is 2.11. The minimum Gasteiger partial charge on any atom is -0.493 e. The standard InChI is InChI=1S/C25H25N3O3S/c1-17(2)16-31-22-13-7-9-19(15-22)24(30)28-25(32)27-21-12-6-8-18(14-21)23(29)26-20-10-4-3-5-11-20/h3-15,17H,16H2,1-2H3,(H,26,29)(H2,27,28,30,32). The van der Waals surface area contributed by atoms with Crippen LogP contribution in [0.15, 0.2) is 78.9 Å². The van der Waals surface area contributed by atoms with Crippen molar-refractivity contribution < 1.29 is 14.3 Å². The zero-order chi connectivity index (χ0) is 22.9. The number of hydrogen-bond donors (Lipinski definition) is 3. The van der Waals surface area contributed by atoms with Crippen molar-refractivity contribution in [2.75, 3.05) is 17.2 Å². The number of rotatable bonds is 7. The Labute approximate surface area is 193 Å². The van der Waals surface area contributed by atoms with Gasteiger partial charge in [0.2, 0.25) is 0 Å². The molecule has 0 aromatic heterocycles. The van der Waals surface area contributed by atoms with Gasteiger partial charge in [-0.25, -0.2) is 0 Å². The number of carbonyl (C=O) groups excluding carboxylic acids is 2. The molecule has 0 radical (unpaired) electrons. The summed E-state index contributed by atoms with van der Waals surface area (Å²) in [6, 6.07) is 23.0. The maximum atomic E-state index is 12.6. The molecule has 0 bridgehead atoms. The monoisotopic (exact) mass is 447 g/mol. The summed E-state index contributed by atoms with van der Waals surface area (Å²) < 4.78 is 5.67. The highest BCUT2D eigenvalue weighted by Crippen LogP contribution is 2.16. The topological polar surface area (TPSA) is 79.5 Å². The molecule has 0 atom stereocenters. The van der Waals surface area contributed by atoms with E-state index in [9.17, 15) is 9.59 Å². The first kappa shape index (κ1) is 23.0. The molecular weight excluding hydrogens is 422 g/mol. The van der Waals surface area contributed by atoms with E-state index in [0.717, 1.165) is 0 Å². The lowest BCUT2D eigenvalue weighted by molar-refractivity contribution is 0.0975. The number of ether oxygens (including phenoxy) is 1. The second kappa shape index (κ2) is 11.1. The SMILES string of the molecule is CC(C)COc1cccc(C(=O)NC(=S)Nc2cccc(C(=O)Nc3ccccc3)c2)c1. The average Bonchev–Trinajstić information content (AvgIpc) is 2.78. The summed E-state index contributed by atoms with van der Waals surface area (Å²) in [4.78, 5) is 25.0. The van der Waals surface area contributed by atoms with Gasteiger partial charge in [-0.05, 0) is 66.7 Å². The van der Waals surface area contributed by atoms with Gasteiger partial charge in [0, 0.05) is 22.5 Å². The van der Waals surface area contributed by atoms with E-state index >= 15 is 0 Å². The molecule has 32 heavy (non-hydrogen) atoms. The molecular formula is C25H25N3O3S. The molecule has 0 aliphatic rings. The summed E-state index contributed by atoms with van der Waals surface area (Å²) >= 11 is 5.27. The second-order valence-corrected chi connectivity index (χ2v) is 7.95. The minimum absolute atomic E-state index is 0.129. The lowest BCUT2D eigenvalue weighted by Crippen LogP contribution is -2.34. The van der Waals surface area contributed by atoms with Crippen LogP contribution in [0.5, 0.6) is 5.75 Å². The molecule has 0 unspecified atom stereocenters. The van der Waals surface area contributed by atoms with Crippen molar-refractivity contribution in [3.8, 4) is 5.75 Å². The van der Waals surface area contributed by atoms with Crippen LogP contribution in [0.4, 0.5) is 11.4 Å². The van der Waals surface area contributed by atoms with Crippen LogP contribution in [0.25, 0.3) is 0 Å². The summed E-state index contributed by atoms with van der Waals surface area (Å²) in [7, 11) is 0. The fourth-order valence-corrected chi connectivity index (χ4v) is 3.00. The van der Waals surface area contributed by atoms with E-state index in [-0.39, 0.29) is 16.9 Å². The van der Waals surface area contributed by atoms with Crippen LogP contribution in [-0.2, 0) is 0 Å². The van der Waals surface area contributed by atoms with Gasteiger partial charge in [0.25, 0.3) is 11.8 Å². The van der Waals surface area contributed by atoms with Gasteiger partial charge in [-0.1, -0.05) is 44.2 Å². The lowest BCUT2D eigenvalue weighted by atomic mass is 10.2. The Kier molecular flexibility index (Phi) is 7.94. The molecule has 0 saturated heterocycles. The first-order chi connectivity index (χ1) is 15.4. The largest absolute Gasteiger partial charge is 0.493 e. The number of thiocarbonyl (C=S) groups is 1. The van der Waals surface area contributed by atoms with Gasteiger partial charge in [0.05, 0.1) is 6.61 Å². The third-order valence-corrected chi connectivity index (χ3v) is 4.53. The van der Waals surface area contributed by atoms with E-state index in [4.69, 9.17) is 17.0 Å². The van der Waals surface area contributed by atoms with Gasteiger partial charge in [-0.15, -0.1) is 0 Å². The summed E-state index contributed by atoms with van der Waals surface area (Å²) in [5.74, 6) is 0.417. The predicted octanol–water partition coefficient (Wildman–Crippen LogP) is 5.10. The molecule has 3 N–H and O–H groups in total. The van der Waals surface area contributed by atoms with Crippen molar-refractivity contribution in [1.29, 1.82) is 0 Å². The number of nitrogens with one attached hydrogen (secondary N) is 3. The maximum absolute atomic E-state index is 12.6. The van der Waals surface area contributed by atoms with Crippen molar-refractivity contribution in [3.63, 3.8) is 0 Å². The van der Waals surface area contributed by atoms with Crippen molar-refractivity contribution in [1.82, 2.24) is 5.32 Å². The molecule has 7 heteroatoms.